The van der Waals surface area contributed by atoms with Crippen molar-refractivity contribution in [3.05, 3.63) is 21.4 Å². The van der Waals surface area contributed by atoms with Gasteiger partial charge in [0.15, 0.2) is 0 Å². The molecule has 4 fully saturated rings. The molecule has 4 bridgehead atoms. The number of thiophene rings is 1. The second-order valence-electron chi connectivity index (χ2n) is 7.48. The first-order valence-electron chi connectivity index (χ1n) is 8.18. The molecule has 0 amide bonds. The topological polar surface area (TPSA) is 12.0 Å². The van der Waals surface area contributed by atoms with Crippen molar-refractivity contribution in [3.63, 3.8) is 0 Å². The Bertz CT molecular complexity index is 475. The Morgan fingerprint density at radius 2 is 1.74 bits per heavy atom. The normalized spacial score (nSPS) is 43.5. The predicted molar refractivity (Wildman–Crippen MR) is 79.5 cm³/mol. The Hall–Kier alpha value is -0.340. The molecule has 4 aliphatic carbocycles. The van der Waals surface area contributed by atoms with Crippen molar-refractivity contribution in [3.8, 4) is 0 Å². The molecule has 6 rings (SSSR count). The Morgan fingerprint density at radius 3 is 2.47 bits per heavy atom. The van der Waals surface area contributed by atoms with Gasteiger partial charge >= 0.3 is 0 Å². The largest absolute Gasteiger partial charge is 0.312 e. The van der Waals surface area contributed by atoms with Gasteiger partial charge in [0, 0.05) is 18.0 Å². The van der Waals surface area contributed by atoms with Crippen LogP contribution in [-0.2, 0) is 13.0 Å². The molecular weight excluding hydrogens is 250 g/mol. The fourth-order valence-corrected chi connectivity index (χ4v) is 7.10. The number of nitrogens with one attached hydrogen (secondary N) is 1. The second kappa shape index (κ2) is 4.08. The summed E-state index contributed by atoms with van der Waals surface area (Å²) in [5, 5.41) is 6.14. The molecule has 1 nitrogen and oxygen atoms in total. The zero-order valence-corrected chi connectivity index (χ0v) is 12.3. The van der Waals surface area contributed by atoms with Gasteiger partial charge < -0.3 is 5.32 Å². The minimum absolute atomic E-state index is 0.938. The highest BCUT2D eigenvalue weighted by atomic mass is 32.1. The van der Waals surface area contributed by atoms with E-state index in [2.05, 4.69) is 22.0 Å². The third-order valence-corrected chi connectivity index (χ3v) is 7.54. The molecule has 4 saturated carbocycles. The minimum Gasteiger partial charge on any atom is -0.312 e. The smallest absolute Gasteiger partial charge is 0.0219 e. The lowest BCUT2D eigenvalue weighted by molar-refractivity contribution is -0.00297. The van der Waals surface area contributed by atoms with Gasteiger partial charge in [0.1, 0.15) is 0 Å². The number of hydrogen-bond donors (Lipinski definition) is 1. The van der Waals surface area contributed by atoms with Crippen molar-refractivity contribution < 1.29 is 0 Å². The van der Waals surface area contributed by atoms with Crippen LogP contribution in [0.3, 0.4) is 0 Å². The molecule has 0 saturated heterocycles. The Labute approximate surface area is 119 Å². The van der Waals surface area contributed by atoms with Crippen LogP contribution in [-0.4, -0.2) is 6.54 Å². The fourth-order valence-electron chi connectivity index (χ4n) is 5.98. The molecule has 1 aromatic heterocycles. The molecule has 102 valence electrons. The van der Waals surface area contributed by atoms with E-state index in [-0.39, 0.29) is 0 Å². The lowest BCUT2D eigenvalue weighted by atomic mass is 9.50. The second-order valence-corrected chi connectivity index (χ2v) is 8.44. The van der Waals surface area contributed by atoms with Crippen LogP contribution in [0.4, 0.5) is 0 Å². The summed E-state index contributed by atoms with van der Waals surface area (Å²) >= 11 is 2.06. The maximum Gasteiger partial charge on any atom is 0.0219 e. The molecule has 5 aliphatic rings. The summed E-state index contributed by atoms with van der Waals surface area (Å²) in [6, 6.07) is 0. The summed E-state index contributed by atoms with van der Waals surface area (Å²) < 4.78 is 0. The molecule has 0 unspecified atom stereocenters. The van der Waals surface area contributed by atoms with E-state index in [0.717, 1.165) is 36.1 Å². The quantitative estimate of drug-likeness (QED) is 0.817. The first-order chi connectivity index (χ1) is 9.38. The predicted octanol–water partition coefficient (Wildman–Crippen LogP) is 3.93. The standard InChI is InChI=1S/C17H23NS/c1-2-18-8-14-15(9-19-16(1)14)17-12-4-10-3-11(6-12)7-13(17)5-10/h9-13,17-18H,1-8H2. The van der Waals surface area contributed by atoms with Crippen LogP contribution in [0, 0.1) is 23.7 Å². The zero-order valence-electron chi connectivity index (χ0n) is 11.5. The maximum atomic E-state index is 3.60. The van der Waals surface area contributed by atoms with Gasteiger partial charge in [-0.25, -0.2) is 0 Å². The molecule has 19 heavy (non-hydrogen) atoms. The van der Waals surface area contributed by atoms with E-state index < -0.39 is 0 Å². The number of hydrogen-bond acceptors (Lipinski definition) is 2. The average molecular weight is 273 g/mol. The number of fused-ring (bicyclic) bond motifs is 1. The summed E-state index contributed by atoms with van der Waals surface area (Å²) in [7, 11) is 0. The Balaban J connectivity index is 1.54. The monoisotopic (exact) mass is 273 g/mol. The lowest BCUT2D eigenvalue weighted by Gasteiger charge is -2.54. The SMILES string of the molecule is c1sc2c(c1C1C3CC4CC(C3)CC1C4)CNCC2. The summed E-state index contributed by atoms with van der Waals surface area (Å²) in [6.07, 6.45) is 9.05. The van der Waals surface area contributed by atoms with Crippen LogP contribution < -0.4 is 5.32 Å². The maximum absolute atomic E-state index is 3.60. The molecule has 0 atom stereocenters. The third-order valence-electron chi connectivity index (χ3n) is 6.43. The molecule has 0 spiro atoms. The number of rotatable bonds is 1. The highest BCUT2D eigenvalue weighted by Crippen LogP contribution is 2.60. The third kappa shape index (κ3) is 1.62. The van der Waals surface area contributed by atoms with Gasteiger partial charge in [0.2, 0.25) is 0 Å². The van der Waals surface area contributed by atoms with E-state index >= 15 is 0 Å². The van der Waals surface area contributed by atoms with Crippen molar-refractivity contribution in [2.45, 2.75) is 51.0 Å². The van der Waals surface area contributed by atoms with Crippen molar-refractivity contribution >= 4 is 11.3 Å². The highest BCUT2D eigenvalue weighted by molar-refractivity contribution is 7.10. The first-order valence-corrected chi connectivity index (χ1v) is 9.06. The van der Waals surface area contributed by atoms with Crippen LogP contribution in [0.2, 0.25) is 0 Å². The van der Waals surface area contributed by atoms with Crippen molar-refractivity contribution in [1.82, 2.24) is 5.32 Å². The zero-order chi connectivity index (χ0) is 12.4. The Morgan fingerprint density at radius 1 is 1.00 bits per heavy atom. The first kappa shape index (κ1) is 11.3. The van der Waals surface area contributed by atoms with Gasteiger partial charge in [0.05, 0.1) is 0 Å². The van der Waals surface area contributed by atoms with E-state index in [0.29, 0.717) is 0 Å². The molecule has 1 aromatic rings. The molecule has 2 heteroatoms. The van der Waals surface area contributed by atoms with Gasteiger partial charge in [-0.1, -0.05) is 0 Å². The van der Waals surface area contributed by atoms with Crippen LogP contribution in [0.5, 0.6) is 0 Å². The van der Waals surface area contributed by atoms with Crippen LogP contribution in [0.15, 0.2) is 5.38 Å². The summed E-state index contributed by atoms with van der Waals surface area (Å²) in [4.78, 5) is 1.70. The van der Waals surface area contributed by atoms with Gasteiger partial charge in [-0.15, -0.1) is 11.3 Å². The van der Waals surface area contributed by atoms with Crippen molar-refractivity contribution in [2.75, 3.05) is 6.54 Å². The fraction of sp³-hybridized carbons (Fsp3) is 0.765. The average Bonchev–Trinajstić information content (AvgIpc) is 2.82. The highest BCUT2D eigenvalue weighted by Gasteiger charge is 2.49. The van der Waals surface area contributed by atoms with Gasteiger partial charge in [-0.3, -0.25) is 0 Å². The molecule has 1 aliphatic heterocycles. The van der Waals surface area contributed by atoms with E-state index in [1.165, 1.54) is 13.0 Å². The summed E-state index contributed by atoms with van der Waals surface area (Å²) in [5.74, 6) is 5.22. The molecule has 0 aromatic carbocycles. The minimum atomic E-state index is 0.938. The van der Waals surface area contributed by atoms with E-state index in [1.54, 1.807) is 48.1 Å². The van der Waals surface area contributed by atoms with Crippen LogP contribution >= 0.6 is 11.3 Å². The summed E-state index contributed by atoms with van der Waals surface area (Å²) in [5.41, 5.74) is 3.50. The van der Waals surface area contributed by atoms with Crippen molar-refractivity contribution in [2.24, 2.45) is 23.7 Å². The van der Waals surface area contributed by atoms with Crippen LogP contribution in [0.1, 0.15) is 54.0 Å². The lowest BCUT2D eigenvalue weighted by Crippen LogP contribution is -2.44. The van der Waals surface area contributed by atoms with E-state index in [9.17, 15) is 0 Å². The van der Waals surface area contributed by atoms with Crippen LogP contribution in [0.25, 0.3) is 0 Å². The van der Waals surface area contributed by atoms with E-state index in [4.69, 9.17) is 0 Å². The van der Waals surface area contributed by atoms with Crippen molar-refractivity contribution in [1.29, 1.82) is 0 Å². The molecule has 0 radical (unpaired) electrons. The molecule has 2 heterocycles. The van der Waals surface area contributed by atoms with Gasteiger partial charge in [-0.2, -0.15) is 0 Å². The molecule has 1 N–H and O–H groups in total. The molecular formula is C17H23NS. The van der Waals surface area contributed by atoms with Gasteiger partial charge in [-0.05, 0) is 84.6 Å². The summed E-state index contributed by atoms with van der Waals surface area (Å²) in [6.45, 7) is 2.34. The Kier molecular flexibility index (Phi) is 2.43. The van der Waals surface area contributed by atoms with Gasteiger partial charge in [0.25, 0.3) is 0 Å². The van der Waals surface area contributed by atoms with E-state index in [1.807, 2.05) is 0 Å².